The highest BCUT2D eigenvalue weighted by Crippen LogP contribution is 2.21. The van der Waals surface area contributed by atoms with Crippen LogP contribution in [0.4, 0.5) is 0 Å². The van der Waals surface area contributed by atoms with Crippen molar-refractivity contribution < 1.29 is 9.66 Å². The SMILES string of the molecule is CCOc1cccc(C=C(c2ccccc2)[N+](=O)[O-])c1. The van der Waals surface area contributed by atoms with Gasteiger partial charge in [0.05, 0.1) is 17.1 Å². The van der Waals surface area contributed by atoms with Gasteiger partial charge in [0.15, 0.2) is 0 Å². The van der Waals surface area contributed by atoms with Crippen molar-refractivity contribution in [2.24, 2.45) is 0 Å². The Morgan fingerprint density at radius 3 is 2.60 bits per heavy atom. The molecule has 0 aromatic heterocycles. The molecule has 0 aliphatic rings. The van der Waals surface area contributed by atoms with Gasteiger partial charge in [-0.15, -0.1) is 0 Å². The summed E-state index contributed by atoms with van der Waals surface area (Å²) in [5.74, 6) is 0.706. The van der Waals surface area contributed by atoms with Gasteiger partial charge in [0.2, 0.25) is 0 Å². The summed E-state index contributed by atoms with van der Waals surface area (Å²) in [5, 5.41) is 11.2. The minimum Gasteiger partial charge on any atom is -0.494 e. The second kappa shape index (κ2) is 6.52. The van der Waals surface area contributed by atoms with Crippen molar-refractivity contribution in [2.45, 2.75) is 6.92 Å². The van der Waals surface area contributed by atoms with Gasteiger partial charge in [0.1, 0.15) is 5.75 Å². The molecule has 4 heteroatoms. The Bertz CT molecular complexity index is 621. The number of ether oxygens (including phenoxy) is 1. The predicted molar refractivity (Wildman–Crippen MR) is 78.9 cm³/mol. The molecule has 0 unspecified atom stereocenters. The van der Waals surface area contributed by atoms with Crippen molar-refractivity contribution in [2.75, 3.05) is 6.61 Å². The fraction of sp³-hybridized carbons (Fsp3) is 0.125. The smallest absolute Gasteiger partial charge is 0.277 e. The Hall–Kier alpha value is -2.62. The Labute approximate surface area is 117 Å². The first-order valence-corrected chi connectivity index (χ1v) is 6.35. The van der Waals surface area contributed by atoms with Crippen LogP contribution in [0, 0.1) is 10.1 Å². The summed E-state index contributed by atoms with van der Waals surface area (Å²) in [5.41, 5.74) is 1.39. The van der Waals surface area contributed by atoms with E-state index < -0.39 is 0 Å². The first-order valence-electron chi connectivity index (χ1n) is 6.35. The highest BCUT2D eigenvalue weighted by molar-refractivity contribution is 5.76. The lowest BCUT2D eigenvalue weighted by molar-refractivity contribution is -0.374. The zero-order chi connectivity index (χ0) is 14.4. The standard InChI is InChI=1S/C16H15NO3/c1-2-20-15-10-6-7-13(11-15)12-16(17(18)19)14-8-4-3-5-9-14/h3-12H,2H2,1H3. The average molecular weight is 269 g/mol. The molecule has 0 amide bonds. The van der Waals surface area contributed by atoms with Gasteiger partial charge in [0, 0.05) is 6.08 Å². The van der Waals surface area contributed by atoms with Gasteiger partial charge < -0.3 is 4.74 Å². The molecular weight excluding hydrogens is 254 g/mol. The maximum atomic E-state index is 11.2. The van der Waals surface area contributed by atoms with E-state index in [0.29, 0.717) is 17.9 Å². The lowest BCUT2D eigenvalue weighted by atomic mass is 10.1. The summed E-state index contributed by atoms with van der Waals surface area (Å²) in [6.07, 6.45) is 1.55. The molecule has 0 spiro atoms. The number of nitrogens with zero attached hydrogens (tertiary/aromatic N) is 1. The van der Waals surface area contributed by atoms with Crippen molar-refractivity contribution in [3.8, 4) is 5.75 Å². The molecule has 0 saturated carbocycles. The minimum atomic E-state index is -0.372. The molecule has 0 aliphatic heterocycles. The highest BCUT2D eigenvalue weighted by Gasteiger charge is 2.13. The maximum absolute atomic E-state index is 11.2. The number of hydrogen-bond acceptors (Lipinski definition) is 3. The summed E-state index contributed by atoms with van der Waals surface area (Å²) in [6.45, 7) is 2.46. The molecular formula is C16H15NO3. The molecule has 0 saturated heterocycles. The largest absolute Gasteiger partial charge is 0.494 e. The van der Waals surface area contributed by atoms with Gasteiger partial charge >= 0.3 is 0 Å². The normalized spacial score (nSPS) is 11.2. The van der Waals surface area contributed by atoms with E-state index >= 15 is 0 Å². The molecule has 2 aromatic carbocycles. The summed E-state index contributed by atoms with van der Waals surface area (Å²) in [7, 11) is 0. The van der Waals surface area contributed by atoms with Gasteiger partial charge in [-0.25, -0.2) is 0 Å². The lowest BCUT2D eigenvalue weighted by Crippen LogP contribution is -1.97. The number of rotatable bonds is 5. The maximum Gasteiger partial charge on any atom is 0.277 e. The summed E-state index contributed by atoms with van der Waals surface area (Å²) < 4.78 is 5.40. The van der Waals surface area contributed by atoms with E-state index in [4.69, 9.17) is 4.74 Å². The second-order valence-corrected chi connectivity index (χ2v) is 4.16. The number of nitro groups is 1. The van der Waals surface area contributed by atoms with Crippen LogP contribution < -0.4 is 4.74 Å². The van der Waals surface area contributed by atoms with Crippen LogP contribution >= 0.6 is 0 Å². The predicted octanol–water partition coefficient (Wildman–Crippen LogP) is 3.86. The van der Waals surface area contributed by atoms with Crippen molar-refractivity contribution in [1.82, 2.24) is 0 Å². The molecule has 4 nitrogen and oxygen atoms in total. The van der Waals surface area contributed by atoms with Crippen LogP contribution in [0.5, 0.6) is 5.75 Å². The van der Waals surface area contributed by atoms with Crippen LogP contribution in [0.1, 0.15) is 18.1 Å². The van der Waals surface area contributed by atoms with E-state index in [1.165, 1.54) is 0 Å². The topological polar surface area (TPSA) is 52.4 Å². The zero-order valence-corrected chi connectivity index (χ0v) is 11.2. The first kappa shape index (κ1) is 13.8. The van der Waals surface area contributed by atoms with Crippen LogP contribution in [-0.2, 0) is 0 Å². The third-order valence-electron chi connectivity index (χ3n) is 2.74. The molecule has 0 fully saturated rings. The third kappa shape index (κ3) is 3.45. The van der Waals surface area contributed by atoms with Crippen molar-refractivity contribution >= 4 is 11.8 Å². The fourth-order valence-electron chi connectivity index (χ4n) is 1.87. The minimum absolute atomic E-state index is 0.0687. The summed E-state index contributed by atoms with van der Waals surface area (Å²) in [6, 6.07) is 16.1. The van der Waals surface area contributed by atoms with Gasteiger partial charge in [-0.1, -0.05) is 30.3 Å². The molecule has 0 atom stereocenters. The van der Waals surface area contributed by atoms with Gasteiger partial charge in [-0.3, -0.25) is 10.1 Å². The van der Waals surface area contributed by atoms with Crippen LogP contribution in [0.25, 0.3) is 11.8 Å². The molecule has 2 aromatic rings. The second-order valence-electron chi connectivity index (χ2n) is 4.16. The van der Waals surface area contributed by atoms with Gasteiger partial charge in [-0.2, -0.15) is 0 Å². The third-order valence-corrected chi connectivity index (χ3v) is 2.74. The van der Waals surface area contributed by atoms with Gasteiger partial charge in [0.25, 0.3) is 5.70 Å². The van der Waals surface area contributed by atoms with Crippen molar-refractivity contribution in [3.63, 3.8) is 0 Å². The monoisotopic (exact) mass is 269 g/mol. The zero-order valence-electron chi connectivity index (χ0n) is 11.2. The van der Waals surface area contributed by atoms with E-state index in [9.17, 15) is 10.1 Å². The molecule has 2 rings (SSSR count). The van der Waals surface area contributed by atoms with Crippen molar-refractivity contribution in [3.05, 3.63) is 75.8 Å². The Balaban J connectivity index is 2.39. The molecule has 0 bridgehead atoms. The first-order chi connectivity index (χ1) is 9.70. The van der Waals surface area contributed by atoms with E-state index in [0.717, 1.165) is 5.56 Å². The van der Waals surface area contributed by atoms with E-state index in [-0.39, 0.29) is 10.6 Å². The summed E-state index contributed by atoms with van der Waals surface area (Å²) >= 11 is 0. The quantitative estimate of drug-likeness (QED) is 0.470. The van der Waals surface area contributed by atoms with Crippen molar-refractivity contribution in [1.29, 1.82) is 0 Å². The number of benzene rings is 2. The number of hydrogen-bond donors (Lipinski definition) is 0. The van der Waals surface area contributed by atoms with Crippen LogP contribution in [0.2, 0.25) is 0 Å². The molecule has 0 radical (unpaired) electrons. The highest BCUT2D eigenvalue weighted by atomic mass is 16.6. The van der Waals surface area contributed by atoms with E-state index in [1.807, 2.05) is 31.2 Å². The van der Waals surface area contributed by atoms with E-state index in [1.54, 1.807) is 36.4 Å². The Morgan fingerprint density at radius 2 is 1.95 bits per heavy atom. The molecule has 20 heavy (non-hydrogen) atoms. The molecule has 0 heterocycles. The average Bonchev–Trinajstić information content (AvgIpc) is 2.46. The Morgan fingerprint density at radius 1 is 1.20 bits per heavy atom. The van der Waals surface area contributed by atoms with Crippen LogP contribution in [0.15, 0.2) is 54.6 Å². The molecule has 102 valence electrons. The summed E-state index contributed by atoms with van der Waals surface area (Å²) in [4.78, 5) is 10.8. The Kier molecular flexibility index (Phi) is 4.50. The van der Waals surface area contributed by atoms with E-state index in [2.05, 4.69) is 0 Å². The molecule has 0 N–H and O–H groups in total. The van der Waals surface area contributed by atoms with Gasteiger partial charge in [-0.05, 0) is 36.8 Å². The molecule has 0 aliphatic carbocycles. The van der Waals surface area contributed by atoms with Crippen LogP contribution in [-0.4, -0.2) is 11.5 Å². The lowest BCUT2D eigenvalue weighted by Gasteiger charge is -2.04. The fourth-order valence-corrected chi connectivity index (χ4v) is 1.87. The van der Waals surface area contributed by atoms with Crippen LogP contribution in [0.3, 0.4) is 0 Å².